The third kappa shape index (κ3) is 4.33. The molecule has 0 spiro atoms. The number of carbonyl (C=O) groups is 1. The van der Waals surface area contributed by atoms with E-state index in [2.05, 4.69) is 0 Å². The summed E-state index contributed by atoms with van der Waals surface area (Å²) in [5.41, 5.74) is 5.67. The SMILES string of the molecule is CCOC1(OCC)CCN(C(=O)OC(C)(C)C)CC1N. The number of carbonyl (C=O) groups excluding carboxylic acids is 1. The molecule has 1 fully saturated rings. The first-order valence-corrected chi connectivity index (χ1v) is 7.25. The second kappa shape index (κ2) is 6.74. The highest BCUT2D eigenvalue weighted by Crippen LogP contribution is 2.28. The van der Waals surface area contributed by atoms with Crippen molar-refractivity contribution in [1.82, 2.24) is 4.90 Å². The summed E-state index contributed by atoms with van der Waals surface area (Å²) in [4.78, 5) is 13.7. The summed E-state index contributed by atoms with van der Waals surface area (Å²) >= 11 is 0. The number of nitrogens with zero attached hydrogens (tertiary/aromatic N) is 1. The van der Waals surface area contributed by atoms with E-state index < -0.39 is 11.4 Å². The summed E-state index contributed by atoms with van der Waals surface area (Å²) in [6.45, 7) is 11.3. The zero-order chi connectivity index (χ0) is 15.4. The number of amides is 1. The van der Waals surface area contributed by atoms with E-state index in [0.29, 0.717) is 32.7 Å². The van der Waals surface area contributed by atoms with Gasteiger partial charge in [0.1, 0.15) is 5.60 Å². The molecule has 0 aromatic rings. The molecule has 2 N–H and O–H groups in total. The van der Waals surface area contributed by atoms with Crippen LogP contribution in [0.4, 0.5) is 4.79 Å². The van der Waals surface area contributed by atoms with Crippen LogP contribution in [0.25, 0.3) is 0 Å². The van der Waals surface area contributed by atoms with Crippen LogP contribution in [0.5, 0.6) is 0 Å². The normalized spacial score (nSPS) is 22.7. The van der Waals surface area contributed by atoms with Gasteiger partial charge >= 0.3 is 6.09 Å². The first-order chi connectivity index (χ1) is 9.24. The summed E-state index contributed by atoms with van der Waals surface area (Å²) in [7, 11) is 0. The van der Waals surface area contributed by atoms with Crippen molar-refractivity contribution in [2.24, 2.45) is 5.73 Å². The number of nitrogens with two attached hydrogens (primary N) is 1. The lowest BCUT2D eigenvalue weighted by Gasteiger charge is -2.45. The molecule has 0 aromatic carbocycles. The Labute approximate surface area is 121 Å². The molecule has 1 unspecified atom stereocenters. The summed E-state index contributed by atoms with van der Waals surface area (Å²) < 4.78 is 16.8. The van der Waals surface area contributed by atoms with E-state index in [1.165, 1.54) is 0 Å². The highest BCUT2D eigenvalue weighted by molar-refractivity contribution is 5.68. The van der Waals surface area contributed by atoms with Crippen LogP contribution in [0, 0.1) is 0 Å². The lowest BCUT2D eigenvalue weighted by atomic mass is 9.98. The van der Waals surface area contributed by atoms with Gasteiger partial charge in [-0.1, -0.05) is 0 Å². The molecule has 0 bridgehead atoms. The standard InChI is InChI=1S/C14H28N2O4/c1-6-18-14(19-7-2)8-9-16(10-11(14)15)12(17)20-13(3,4)5/h11H,6-10,15H2,1-5H3. The molecule has 1 aliphatic heterocycles. The number of hydrogen-bond acceptors (Lipinski definition) is 5. The van der Waals surface area contributed by atoms with Crippen LogP contribution >= 0.6 is 0 Å². The third-order valence-corrected chi connectivity index (χ3v) is 3.14. The van der Waals surface area contributed by atoms with Gasteiger partial charge in [0.2, 0.25) is 0 Å². The molecule has 6 heteroatoms. The van der Waals surface area contributed by atoms with Gasteiger partial charge in [-0.15, -0.1) is 0 Å². The largest absolute Gasteiger partial charge is 0.444 e. The van der Waals surface area contributed by atoms with E-state index in [1.54, 1.807) is 4.90 Å². The van der Waals surface area contributed by atoms with Crippen LogP contribution in [0.15, 0.2) is 0 Å². The van der Waals surface area contributed by atoms with E-state index in [0.717, 1.165) is 0 Å². The molecule has 1 aliphatic rings. The van der Waals surface area contributed by atoms with Crippen molar-refractivity contribution in [2.75, 3.05) is 26.3 Å². The summed E-state index contributed by atoms with van der Waals surface area (Å²) in [5, 5.41) is 0. The van der Waals surface area contributed by atoms with Crippen LogP contribution in [-0.2, 0) is 14.2 Å². The summed E-state index contributed by atoms with van der Waals surface area (Å²) in [6.07, 6.45) is 0.212. The number of piperidine rings is 1. The van der Waals surface area contributed by atoms with Crippen molar-refractivity contribution in [2.45, 2.75) is 58.5 Å². The van der Waals surface area contributed by atoms with Crippen molar-refractivity contribution in [3.63, 3.8) is 0 Å². The van der Waals surface area contributed by atoms with Crippen molar-refractivity contribution in [1.29, 1.82) is 0 Å². The Morgan fingerprint density at radius 1 is 1.30 bits per heavy atom. The molecule has 118 valence electrons. The zero-order valence-corrected chi connectivity index (χ0v) is 13.3. The van der Waals surface area contributed by atoms with Crippen molar-refractivity contribution >= 4 is 6.09 Å². The van der Waals surface area contributed by atoms with Gasteiger partial charge in [0.05, 0.1) is 6.04 Å². The van der Waals surface area contributed by atoms with Crippen LogP contribution in [0.1, 0.15) is 41.0 Å². The maximum atomic E-state index is 12.1. The fourth-order valence-electron chi connectivity index (χ4n) is 2.33. The summed E-state index contributed by atoms with van der Waals surface area (Å²) in [5.74, 6) is -0.790. The molecule has 1 rings (SSSR count). The Morgan fingerprint density at radius 3 is 2.25 bits per heavy atom. The molecule has 20 heavy (non-hydrogen) atoms. The fraction of sp³-hybridized carbons (Fsp3) is 0.929. The molecule has 1 atom stereocenters. The highest BCUT2D eigenvalue weighted by Gasteiger charge is 2.44. The fourth-order valence-corrected chi connectivity index (χ4v) is 2.33. The first-order valence-electron chi connectivity index (χ1n) is 7.25. The van der Waals surface area contributed by atoms with Crippen LogP contribution in [0.2, 0.25) is 0 Å². The van der Waals surface area contributed by atoms with Crippen molar-refractivity contribution < 1.29 is 19.0 Å². The van der Waals surface area contributed by atoms with E-state index >= 15 is 0 Å². The zero-order valence-electron chi connectivity index (χ0n) is 13.3. The molecular formula is C14H28N2O4. The predicted molar refractivity (Wildman–Crippen MR) is 76.4 cm³/mol. The predicted octanol–water partition coefficient (Wildman–Crippen LogP) is 1.72. The minimum Gasteiger partial charge on any atom is -0.444 e. The molecular weight excluding hydrogens is 260 g/mol. The van der Waals surface area contributed by atoms with Gasteiger partial charge in [0.25, 0.3) is 0 Å². The van der Waals surface area contributed by atoms with Gasteiger partial charge in [-0.25, -0.2) is 4.79 Å². The first kappa shape index (κ1) is 17.2. The van der Waals surface area contributed by atoms with E-state index in [4.69, 9.17) is 19.9 Å². The molecule has 1 saturated heterocycles. The minimum atomic E-state index is -0.790. The van der Waals surface area contributed by atoms with Gasteiger partial charge in [0.15, 0.2) is 5.79 Å². The van der Waals surface area contributed by atoms with Gasteiger partial charge in [-0.3, -0.25) is 0 Å². The Bertz CT molecular complexity index is 322. The highest BCUT2D eigenvalue weighted by atomic mass is 16.7. The average Bonchev–Trinajstić information content (AvgIpc) is 2.31. The van der Waals surface area contributed by atoms with Crippen molar-refractivity contribution in [3.8, 4) is 0 Å². The van der Waals surface area contributed by atoms with E-state index in [9.17, 15) is 4.79 Å². The molecule has 1 heterocycles. The van der Waals surface area contributed by atoms with Crippen LogP contribution < -0.4 is 5.73 Å². The maximum Gasteiger partial charge on any atom is 0.410 e. The minimum absolute atomic E-state index is 0.338. The Balaban J connectivity index is 2.68. The number of hydrogen-bond donors (Lipinski definition) is 1. The second-order valence-corrected chi connectivity index (χ2v) is 5.96. The summed E-state index contributed by atoms with van der Waals surface area (Å²) in [6, 6.07) is -0.385. The topological polar surface area (TPSA) is 74.0 Å². The molecule has 0 aromatic heterocycles. The molecule has 0 radical (unpaired) electrons. The smallest absolute Gasteiger partial charge is 0.410 e. The Morgan fingerprint density at radius 2 is 1.85 bits per heavy atom. The van der Waals surface area contributed by atoms with E-state index in [-0.39, 0.29) is 12.1 Å². The lowest BCUT2D eigenvalue weighted by Crippen LogP contribution is -2.63. The van der Waals surface area contributed by atoms with Crippen LogP contribution in [-0.4, -0.2) is 54.7 Å². The molecule has 0 saturated carbocycles. The Hall–Kier alpha value is -0.850. The Kier molecular flexibility index (Phi) is 5.79. The van der Waals surface area contributed by atoms with Crippen molar-refractivity contribution in [3.05, 3.63) is 0 Å². The van der Waals surface area contributed by atoms with Gasteiger partial charge in [-0.2, -0.15) is 0 Å². The monoisotopic (exact) mass is 288 g/mol. The number of rotatable bonds is 4. The number of likely N-dealkylation sites (tertiary alicyclic amines) is 1. The quantitative estimate of drug-likeness (QED) is 0.797. The molecule has 0 aliphatic carbocycles. The number of ether oxygens (including phenoxy) is 3. The molecule has 6 nitrogen and oxygen atoms in total. The van der Waals surface area contributed by atoms with Gasteiger partial charge < -0.3 is 24.8 Å². The average molecular weight is 288 g/mol. The van der Waals surface area contributed by atoms with Gasteiger partial charge in [-0.05, 0) is 34.6 Å². The van der Waals surface area contributed by atoms with Crippen LogP contribution in [0.3, 0.4) is 0 Å². The third-order valence-electron chi connectivity index (χ3n) is 3.14. The molecule has 1 amide bonds. The lowest BCUT2D eigenvalue weighted by molar-refractivity contribution is -0.260. The van der Waals surface area contributed by atoms with E-state index in [1.807, 2.05) is 34.6 Å². The van der Waals surface area contributed by atoms with Gasteiger partial charge in [0, 0.05) is 32.7 Å². The second-order valence-electron chi connectivity index (χ2n) is 5.96. The maximum absolute atomic E-state index is 12.1.